The zero-order valence-electron chi connectivity index (χ0n) is 18.7. The highest BCUT2D eigenvalue weighted by molar-refractivity contribution is 14.0. The highest BCUT2D eigenvalue weighted by Crippen LogP contribution is 2.25. The summed E-state index contributed by atoms with van der Waals surface area (Å²) in [6.07, 6.45) is 9.63. The van der Waals surface area contributed by atoms with E-state index in [1.54, 1.807) is 0 Å². The van der Waals surface area contributed by atoms with Gasteiger partial charge in [0, 0.05) is 57.9 Å². The summed E-state index contributed by atoms with van der Waals surface area (Å²) in [5.41, 5.74) is 0. The van der Waals surface area contributed by atoms with Crippen LogP contribution in [0.5, 0.6) is 0 Å². The first kappa shape index (κ1) is 25.1. The molecule has 0 aromatic carbocycles. The van der Waals surface area contributed by atoms with Crippen molar-refractivity contribution in [2.75, 3.05) is 59.0 Å². The van der Waals surface area contributed by atoms with Gasteiger partial charge in [0.15, 0.2) is 5.96 Å². The maximum absolute atomic E-state index is 5.45. The van der Waals surface area contributed by atoms with Gasteiger partial charge in [0.1, 0.15) is 0 Å². The number of nitrogens with one attached hydrogen (secondary N) is 2. The van der Waals surface area contributed by atoms with E-state index >= 15 is 0 Å². The number of rotatable bonds is 7. The molecule has 1 unspecified atom stereocenters. The van der Waals surface area contributed by atoms with E-state index in [0.717, 1.165) is 57.9 Å². The highest BCUT2D eigenvalue weighted by atomic mass is 127. The third-order valence-electron chi connectivity index (χ3n) is 6.54. The fourth-order valence-corrected chi connectivity index (χ4v) is 4.90. The summed E-state index contributed by atoms with van der Waals surface area (Å²) in [7, 11) is 0. The van der Waals surface area contributed by atoms with Crippen LogP contribution < -0.4 is 10.6 Å². The normalized spacial score (nSPS) is 24.7. The molecule has 3 aliphatic rings. The molecule has 2 heterocycles. The van der Waals surface area contributed by atoms with Crippen LogP contribution in [0.4, 0.5) is 0 Å². The van der Waals surface area contributed by atoms with E-state index in [1.165, 1.54) is 58.0 Å². The molecule has 7 heteroatoms. The van der Waals surface area contributed by atoms with E-state index < -0.39 is 0 Å². The number of piperidine rings is 1. The van der Waals surface area contributed by atoms with Crippen molar-refractivity contribution >= 4 is 29.9 Å². The Hall–Kier alpha value is -0.120. The Balaban J connectivity index is 0.00000300. The monoisotopic (exact) mass is 521 g/mol. The number of hydrogen-bond acceptors (Lipinski definition) is 4. The number of ether oxygens (including phenoxy) is 1. The van der Waals surface area contributed by atoms with Crippen LogP contribution in [0, 0.1) is 5.92 Å². The lowest BCUT2D eigenvalue weighted by Gasteiger charge is -2.39. The Morgan fingerprint density at radius 2 is 1.72 bits per heavy atom. The Morgan fingerprint density at radius 3 is 2.38 bits per heavy atom. The van der Waals surface area contributed by atoms with Gasteiger partial charge in [0.05, 0.1) is 13.2 Å². The fourth-order valence-electron chi connectivity index (χ4n) is 4.90. The number of morpholine rings is 1. The molecule has 0 aromatic heterocycles. The van der Waals surface area contributed by atoms with Gasteiger partial charge in [-0.1, -0.05) is 26.2 Å². The van der Waals surface area contributed by atoms with Crippen molar-refractivity contribution in [3.63, 3.8) is 0 Å². The molecular formula is C22H44IN5O. The van der Waals surface area contributed by atoms with E-state index in [2.05, 4.69) is 34.3 Å². The van der Waals surface area contributed by atoms with Gasteiger partial charge in [-0.3, -0.25) is 9.89 Å². The van der Waals surface area contributed by atoms with Crippen molar-refractivity contribution in [1.29, 1.82) is 0 Å². The summed E-state index contributed by atoms with van der Waals surface area (Å²) in [5, 5.41) is 7.17. The Labute approximate surface area is 195 Å². The van der Waals surface area contributed by atoms with E-state index in [9.17, 15) is 0 Å². The molecule has 3 fully saturated rings. The van der Waals surface area contributed by atoms with E-state index in [4.69, 9.17) is 9.73 Å². The third kappa shape index (κ3) is 8.87. The first-order valence-electron chi connectivity index (χ1n) is 11.8. The lowest BCUT2D eigenvalue weighted by Crippen LogP contribution is -2.51. The molecule has 0 spiro atoms. The summed E-state index contributed by atoms with van der Waals surface area (Å²) in [6.45, 7) is 13.7. The first-order valence-corrected chi connectivity index (χ1v) is 11.8. The van der Waals surface area contributed by atoms with Crippen molar-refractivity contribution in [2.45, 2.75) is 70.9 Å². The van der Waals surface area contributed by atoms with Crippen LogP contribution in [0.15, 0.2) is 4.99 Å². The molecule has 1 atom stereocenters. The van der Waals surface area contributed by atoms with Gasteiger partial charge in [-0.25, -0.2) is 0 Å². The molecule has 0 bridgehead atoms. The third-order valence-corrected chi connectivity index (χ3v) is 6.54. The minimum absolute atomic E-state index is 0. The summed E-state index contributed by atoms with van der Waals surface area (Å²) in [6, 6.07) is 1.42. The highest BCUT2D eigenvalue weighted by Gasteiger charge is 2.26. The van der Waals surface area contributed by atoms with Gasteiger partial charge in [0.25, 0.3) is 0 Å². The van der Waals surface area contributed by atoms with Crippen molar-refractivity contribution in [3.8, 4) is 0 Å². The molecule has 0 aromatic rings. The van der Waals surface area contributed by atoms with E-state index in [-0.39, 0.29) is 24.0 Å². The van der Waals surface area contributed by atoms with Gasteiger partial charge < -0.3 is 20.3 Å². The molecule has 6 nitrogen and oxygen atoms in total. The van der Waals surface area contributed by atoms with Crippen molar-refractivity contribution in [3.05, 3.63) is 0 Å². The average molecular weight is 522 g/mol. The zero-order valence-corrected chi connectivity index (χ0v) is 21.0. The minimum Gasteiger partial charge on any atom is -0.379 e. The number of halogens is 1. The van der Waals surface area contributed by atoms with Crippen LogP contribution in [0.3, 0.4) is 0 Å². The second kappa shape index (κ2) is 14.0. The molecule has 1 aliphatic carbocycles. The van der Waals surface area contributed by atoms with Crippen LogP contribution in [0.25, 0.3) is 0 Å². The lowest BCUT2D eigenvalue weighted by atomic mass is 9.92. The van der Waals surface area contributed by atoms with Crippen LogP contribution in [-0.4, -0.2) is 86.9 Å². The Morgan fingerprint density at radius 1 is 1.03 bits per heavy atom. The summed E-state index contributed by atoms with van der Waals surface area (Å²) >= 11 is 0. The van der Waals surface area contributed by atoms with Crippen LogP contribution in [0.2, 0.25) is 0 Å². The molecule has 2 saturated heterocycles. The smallest absolute Gasteiger partial charge is 0.191 e. The van der Waals surface area contributed by atoms with Gasteiger partial charge in [-0.2, -0.15) is 0 Å². The lowest BCUT2D eigenvalue weighted by molar-refractivity contribution is 0.0323. The molecule has 2 N–H and O–H groups in total. The zero-order chi connectivity index (χ0) is 19.6. The second-order valence-electron chi connectivity index (χ2n) is 8.98. The predicted octanol–water partition coefficient (Wildman–Crippen LogP) is 2.92. The largest absolute Gasteiger partial charge is 0.379 e. The van der Waals surface area contributed by atoms with E-state index in [1.807, 2.05) is 0 Å². The second-order valence-corrected chi connectivity index (χ2v) is 8.98. The predicted molar refractivity (Wildman–Crippen MR) is 132 cm³/mol. The summed E-state index contributed by atoms with van der Waals surface area (Å²) in [5.74, 6) is 1.58. The maximum atomic E-state index is 5.45. The van der Waals surface area contributed by atoms with Crippen LogP contribution in [-0.2, 0) is 4.74 Å². The molecule has 1 saturated carbocycles. The fraction of sp³-hybridized carbons (Fsp3) is 0.955. The van der Waals surface area contributed by atoms with Crippen molar-refractivity contribution in [2.24, 2.45) is 10.9 Å². The van der Waals surface area contributed by atoms with Gasteiger partial charge in [0.2, 0.25) is 0 Å². The van der Waals surface area contributed by atoms with Gasteiger partial charge in [-0.05, 0) is 38.5 Å². The minimum atomic E-state index is 0. The first-order chi connectivity index (χ1) is 13.7. The quantitative estimate of drug-likeness (QED) is 0.307. The summed E-state index contributed by atoms with van der Waals surface area (Å²) in [4.78, 5) is 10.2. The molecular weight excluding hydrogens is 477 g/mol. The number of aliphatic imine (C=N–C) groups is 1. The maximum Gasteiger partial charge on any atom is 0.191 e. The SMILES string of the molecule is CCNC(=NCC(C)CN1CCOCC1)NC1CCN(C2CCCCC2)CC1.I. The number of nitrogens with zero attached hydrogens (tertiary/aromatic N) is 3. The van der Waals surface area contributed by atoms with Gasteiger partial charge >= 0.3 is 0 Å². The molecule has 0 amide bonds. The van der Waals surface area contributed by atoms with Crippen molar-refractivity contribution < 1.29 is 4.74 Å². The molecule has 2 aliphatic heterocycles. The van der Waals surface area contributed by atoms with Crippen LogP contribution >= 0.6 is 24.0 Å². The molecule has 170 valence electrons. The summed E-state index contributed by atoms with van der Waals surface area (Å²) < 4.78 is 5.45. The topological polar surface area (TPSA) is 52.1 Å². The Bertz CT molecular complexity index is 458. The number of hydrogen-bond donors (Lipinski definition) is 2. The molecule has 3 rings (SSSR count). The standard InChI is InChI=1S/C22H43N5O.HI/c1-3-23-22(24-17-19(2)18-26-13-15-28-16-14-26)25-20-9-11-27(12-10-20)21-7-5-4-6-8-21;/h19-21H,3-18H2,1-2H3,(H2,23,24,25);1H. The van der Waals surface area contributed by atoms with Crippen LogP contribution in [0.1, 0.15) is 58.8 Å². The van der Waals surface area contributed by atoms with Gasteiger partial charge in [-0.15, -0.1) is 24.0 Å². The number of guanidine groups is 1. The average Bonchev–Trinajstić information content (AvgIpc) is 2.74. The molecule has 0 radical (unpaired) electrons. The molecule has 29 heavy (non-hydrogen) atoms. The number of likely N-dealkylation sites (tertiary alicyclic amines) is 1. The Kier molecular flexibility index (Phi) is 12.2. The van der Waals surface area contributed by atoms with Crippen molar-refractivity contribution in [1.82, 2.24) is 20.4 Å². The van der Waals surface area contributed by atoms with E-state index in [0.29, 0.717) is 12.0 Å².